The highest BCUT2D eigenvalue weighted by molar-refractivity contribution is 5.36. The molecular formula is C21H22F3N3O. The summed E-state index contributed by atoms with van der Waals surface area (Å²) in [6.07, 6.45) is 1.37. The summed E-state index contributed by atoms with van der Waals surface area (Å²) in [5.74, 6) is 0.412. The predicted octanol–water partition coefficient (Wildman–Crippen LogP) is 4.96. The van der Waals surface area contributed by atoms with Crippen molar-refractivity contribution in [3.63, 3.8) is 0 Å². The SMILES string of the molecule is CN(C)CCC(Oc1ccc(C(F)(F)F)cc1)c1ccc(-n2ccnc2)cc1. The number of benzene rings is 2. The number of imidazole rings is 1. The Hall–Kier alpha value is -2.80. The smallest absolute Gasteiger partial charge is 0.416 e. The van der Waals surface area contributed by atoms with Gasteiger partial charge in [0.25, 0.3) is 0 Å². The molecule has 0 aliphatic rings. The fourth-order valence-electron chi connectivity index (χ4n) is 2.83. The number of hydrogen-bond acceptors (Lipinski definition) is 3. The summed E-state index contributed by atoms with van der Waals surface area (Å²) in [6, 6.07) is 12.7. The Kier molecular flexibility index (Phi) is 6.04. The first kappa shape index (κ1) is 19.9. The highest BCUT2D eigenvalue weighted by Crippen LogP contribution is 2.32. The van der Waals surface area contributed by atoms with E-state index >= 15 is 0 Å². The molecule has 1 unspecified atom stereocenters. The second-order valence-corrected chi connectivity index (χ2v) is 6.78. The Balaban J connectivity index is 1.78. The van der Waals surface area contributed by atoms with Gasteiger partial charge in [0.15, 0.2) is 0 Å². The third-order valence-corrected chi connectivity index (χ3v) is 4.37. The van der Waals surface area contributed by atoms with Crippen LogP contribution < -0.4 is 4.74 Å². The molecular weight excluding hydrogens is 367 g/mol. The molecule has 0 radical (unpaired) electrons. The number of hydrogen-bond donors (Lipinski definition) is 0. The first-order chi connectivity index (χ1) is 13.3. The summed E-state index contributed by atoms with van der Waals surface area (Å²) in [7, 11) is 3.94. The summed E-state index contributed by atoms with van der Waals surface area (Å²) in [5, 5.41) is 0. The van der Waals surface area contributed by atoms with Crippen molar-refractivity contribution in [3.05, 3.63) is 78.4 Å². The molecule has 0 saturated heterocycles. The van der Waals surface area contributed by atoms with Crippen molar-refractivity contribution < 1.29 is 17.9 Å². The van der Waals surface area contributed by atoms with Crippen LogP contribution in [0.5, 0.6) is 5.75 Å². The van der Waals surface area contributed by atoms with Crippen molar-refractivity contribution in [1.82, 2.24) is 14.5 Å². The highest BCUT2D eigenvalue weighted by Gasteiger charge is 2.30. The second-order valence-electron chi connectivity index (χ2n) is 6.78. The molecule has 0 fully saturated rings. The minimum atomic E-state index is -4.36. The zero-order chi connectivity index (χ0) is 20.1. The number of nitrogens with zero attached hydrogens (tertiary/aromatic N) is 3. The van der Waals surface area contributed by atoms with Crippen LogP contribution in [0.4, 0.5) is 13.2 Å². The van der Waals surface area contributed by atoms with E-state index < -0.39 is 11.7 Å². The lowest BCUT2D eigenvalue weighted by Crippen LogP contribution is -2.19. The fourth-order valence-corrected chi connectivity index (χ4v) is 2.83. The normalized spacial score (nSPS) is 12.9. The van der Waals surface area contributed by atoms with Crippen molar-refractivity contribution in [2.24, 2.45) is 0 Å². The van der Waals surface area contributed by atoms with Crippen LogP contribution in [-0.4, -0.2) is 35.1 Å². The topological polar surface area (TPSA) is 30.3 Å². The van der Waals surface area contributed by atoms with Gasteiger partial charge < -0.3 is 14.2 Å². The van der Waals surface area contributed by atoms with E-state index in [0.29, 0.717) is 12.2 Å². The van der Waals surface area contributed by atoms with E-state index in [-0.39, 0.29) is 6.10 Å². The number of ether oxygens (including phenoxy) is 1. The molecule has 3 rings (SSSR count). The van der Waals surface area contributed by atoms with Gasteiger partial charge in [-0.05, 0) is 56.1 Å². The maximum atomic E-state index is 12.8. The van der Waals surface area contributed by atoms with E-state index in [2.05, 4.69) is 4.98 Å². The number of aromatic nitrogens is 2. The van der Waals surface area contributed by atoms with Gasteiger partial charge in [-0.15, -0.1) is 0 Å². The predicted molar refractivity (Wildman–Crippen MR) is 102 cm³/mol. The summed E-state index contributed by atoms with van der Waals surface area (Å²) in [5.41, 5.74) is 1.25. The molecule has 0 amide bonds. The second kappa shape index (κ2) is 8.48. The molecule has 148 valence electrons. The van der Waals surface area contributed by atoms with Crippen molar-refractivity contribution in [2.75, 3.05) is 20.6 Å². The van der Waals surface area contributed by atoms with Gasteiger partial charge in [-0.3, -0.25) is 0 Å². The fraction of sp³-hybridized carbons (Fsp3) is 0.286. The molecule has 7 heteroatoms. The first-order valence-corrected chi connectivity index (χ1v) is 8.90. The van der Waals surface area contributed by atoms with E-state index in [9.17, 15) is 13.2 Å². The summed E-state index contributed by atoms with van der Waals surface area (Å²) in [6.45, 7) is 0.786. The molecule has 0 bridgehead atoms. The third kappa shape index (κ3) is 5.13. The Morgan fingerprint density at radius 1 is 1.04 bits per heavy atom. The van der Waals surface area contributed by atoms with Crippen LogP contribution >= 0.6 is 0 Å². The van der Waals surface area contributed by atoms with E-state index in [1.165, 1.54) is 12.1 Å². The Labute approximate surface area is 162 Å². The zero-order valence-corrected chi connectivity index (χ0v) is 15.7. The van der Waals surface area contributed by atoms with Crippen molar-refractivity contribution >= 4 is 0 Å². The average molecular weight is 389 g/mol. The van der Waals surface area contributed by atoms with Crippen molar-refractivity contribution in [2.45, 2.75) is 18.7 Å². The minimum Gasteiger partial charge on any atom is -0.486 e. The molecule has 0 aliphatic carbocycles. The maximum Gasteiger partial charge on any atom is 0.416 e. The van der Waals surface area contributed by atoms with Crippen molar-refractivity contribution in [3.8, 4) is 11.4 Å². The zero-order valence-electron chi connectivity index (χ0n) is 15.7. The molecule has 0 spiro atoms. The van der Waals surface area contributed by atoms with Gasteiger partial charge in [0.1, 0.15) is 11.9 Å². The van der Waals surface area contributed by atoms with Crippen LogP contribution in [-0.2, 0) is 6.18 Å². The standard InChI is InChI=1S/C21H22F3N3O/c1-26(2)13-11-20(28-19-9-5-17(6-10-19)21(22,23)24)16-3-7-18(8-4-16)27-14-12-25-15-27/h3-10,12,14-15,20H,11,13H2,1-2H3. The van der Waals surface area contributed by atoms with Crippen LogP contribution in [0.25, 0.3) is 5.69 Å². The summed E-state index contributed by atoms with van der Waals surface area (Å²) in [4.78, 5) is 6.08. The van der Waals surface area contributed by atoms with Gasteiger partial charge in [-0.1, -0.05) is 12.1 Å². The third-order valence-electron chi connectivity index (χ3n) is 4.37. The lowest BCUT2D eigenvalue weighted by Gasteiger charge is -2.22. The number of halogens is 3. The summed E-state index contributed by atoms with van der Waals surface area (Å²) < 4.78 is 46.2. The Morgan fingerprint density at radius 3 is 2.25 bits per heavy atom. The van der Waals surface area contributed by atoms with Gasteiger partial charge >= 0.3 is 6.18 Å². The van der Waals surface area contributed by atoms with Gasteiger partial charge in [0, 0.05) is 31.0 Å². The molecule has 2 aromatic carbocycles. The molecule has 4 nitrogen and oxygen atoms in total. The quantitative estimate of drug-likeness (QED) is 0.572. The van der Waals surface area contributed by atoms with Gasteiger partial charge in [-0.2, -0.15) is 13.2 Å². The van der Waals surface area contributed by atoms with Gasteiger partial charge in [0.05, 0.1) is 11.9 Å². The minimum absolute atomic E-state index is 0.268. The first-order valence-electron chi connectivity index (χ1n) is 8.90. The van der Waals surface area contributed by atoms with E-state index in [4.69, 9.17) is 4.74 Å². The lowest BCUT2D eigenvalue weighted by atomic mass is 10.1. The molecule has 0 aliphatic heterocycles. The van der Waals surface area contributed by atoms with Crippen LogP contribution in [0, 0.1) is 0 Å². The van der Waals surface area contributed by atoms with E-state index in [0.717, 1.165) is 29.9 Å². The van der Waals surface area contributed by atoms with E-state index in [1.807, 2.05) is 54.0 Å². The molecule has 0 N–H and O–H groups in total. The molecule has 3 aromatic rings. The van der Waals surface area contributed by atoms with Gasteiger partial charge in [-0.25, -0.2) is 4.98 Å². The number of alkyl halides is 3. The Bertz CT molecular complexity index is 857. The largest absolute Gasteiger partial charge is 0.486 e. The lowest BCUT2D eigenvalue weighted by molar-refractivity contribution is -0.137. The molecule has 0 saturated carbocycles. The van der Waals surface area contributed by atoms with Crippen LogP contribution in [0.3, 0.4) is 0 Å². The number of rotatable bonds is 7. The average Bonchev–Trinajstić information content (AvgIpc) is 3.19. The van der Waals surface area contributed by atoms with E-state index in [1.54, 1.807) is 12.5 Å². The molecule has 1 aromatic heterocycles. The maximum absolute atomic E-state index is 12.8. The molecule has 28 heavy (non-hydrogen) atoms. The van der Waals surface area contributed by atoms with Crippen LogP contribution in [0.1, 0.15) is 23.7 Å². The van der Waals surface area contributed by atoms with Crippen LogP contribution in [0.15, 0.2) is 67.3 Å². The van der Waals surface area contributed by atoms with Crippen LogP contribution in [0.2, 0.25) is 0 Å². The Morgan fingerprint density at radius 2 is 1.71 bits per heavy atom. The highest BCUT2D eigenvalue weighted by atomic mass is 19.4. The molecule has 1 heterocycles. The monoisotopic (exact) mass is 389 g/mol. The van der Waals surface area contributed by atoms with Gasteiger partial charge in [0.2, 0.25) is 0 Å². The van der Waals surface area contributed by atoms with Crippen molar-refractivity contribution in [1.29, 1.82) is 0 Å². The summed E-state index contributed by atoms with van der Waals surface area (Å²) >= 11 is 0. The molecule has 1 atom stereocenters.